The molecule has 0 aromatic carbocycles. The smallest absolute Gasteiger partial charge is 0.124 e. The van der Waals surface area contributed by atoms with Crippen LogP contribution in [0.25, 0.3) is 0 Å². The average molecular weight is 150 g/mol. The maximum atomic E-state index is 10.4. The molecule has 0 aliphatic heterocycles. The lowest BCUT2D eigenvalue weighted by molar-refractivity contribution is 0.603. The molecule has 0 aliphatic carbocycles. The summed E-state index contributed by atoms with van der Waals surface area (Å²) in [5.74, 6) is 0.681. The normalized spacial score (nSPS) is 14.9. The first-order chi connectivity index (χ1) is 3.77. The van der Waals surface area contributed by atoms with Gasteiger partial charge in [0, 0.05) is 0 Å². The van der Waals surface area contributed by atoms with Crippen LogP contribution in [0.15, 0.2) is 11.5 Å². The Bertz CT molecular complexity index is 70.8. The van der Waals surface area contributed by atoms with Crippen LogP contribution in [-0.4, -0.2) is 22.8 Å². The zero-order valence-corrected chi connectivity index (χ0v) is 6.72. The van der Waals surface area contributed by atoms with Gasteiger partial charge in [-0.25, -0.2) is 0 Å². The second kappa shape index (κ2) is 5.54. The quantitative estimate of drug-likeness (QED) is 0.565. The van der Waals surface area contributed by atoms with Gasteiger partial charge >= 0.3 is 0 Å². The Morgan fingerprint density at radius 1 is 1.75 bits per heavy atom. The fourth-order valence-electron chi connectivity index (χ4n) is 0.271. The summed E-state index contributed by atoms with van der Waals surface area (Å²) in [5, 5.41) is 1.95. The van der Waals surface area contributed by atoms with Crippen LogP contribution in [0, 0.1) is 0 Å². The Morgan fingerprint density at radius 3 is 2.75 bits per heavy atom. The standard InChI is InChI=1S/C5H10OS2/c1-7-4-3-5-8(2)6/h3-4H,5H2,1-2H3/b4-3+. The number of rotatable bonds is 3. The van der Waals surface area contributed by atoms with Crippen molar-refractivity contribution in [1.82, 2.24) is 0 Å². The molecule has 0 spiro atoms. The Balaban J connectivity index is 3.03. The molecule has 8 heavy (non-hydrogen) atoms. The van der Waals surface area contributed by atoms with Crippen molar-refractivity contribution in [2.75, 3.05) is 18.3 Å². The van der Waals surface area contributed by atoms with E-state index in [9.17, 15) is 4.55 Å². The van der Waals surface area contributed by atoms with E-state index in [2.05, 4.69) is 0 Å². The molecule has 0 saturated heterocycles. The Morgan fingerprint density at radius 2 is 2.38 bits per heavy atom. The molecule has 0 fully saturated rings. The van der Waals surface area contributed by atoms with E-state index >= 15 is 0 Å². The highest BCUT2D eigenvalue weighted by Crippen LogP contribution is 1.94. The summed E-state index contributed by atoms with van der Waals surface area (Å²) in [4.78, 5) is 0. The van der Waals surface area contributed by atoms with Gasteiger partial charge in [0.05, 0.1) is 6.26 Å². The highest BCUT2D eigenvalue weighted by Gasteiger charge is 1.86. The fourth-order valence-corrected chi connectivity index (χ4v) is 1.05. The molecule has 1 nitrogen and oxygen atoms in total. The lowest BCUT2D eigenvalue weighted by Gasteiger charge is -1.97. The van der Waals surface area contributed by atoms with Crippen molar-refractivity contribution < 1.29 is 4.55 Å². The molecular weight excluding hydrogens is 140 g/mol. The van der Waals surface area contributed by atoms with E-state index in [-0.39, 0.29) is 0 Å². The van der Waals surface area contributed by atoms with Crippen LogP contribution in [0.5, 0.6) is 0 Å². The summed E-state index contributed by atoms with van der Waals surface area (Å²) in [6, 6.07) is 0. The number of hydrogen-bond donors (Lipinski definition) is 0. The molecule has 0 amide bonds. The van der Waals surface area contributed by atoms with Gasteiger partial charge in [-0.1, -0.05) is 11.2 Å². The molecule has 0 aromatic rings. The molecule has 0 heterocycles. The van der Waals surface area contributed by atoms with Crippen molar-refractivity contribution in [3.8, 4) is 0 Å². The summed E-state index contributed by atoms with van der Waals surface area (Å²) < 4.78 is 10.4. The Kier molecular flexibility index (Phi) is 5.81. The van der Waals surface area contributed by atoms with E-state index in [0.29, 0.717) is 5.75 Å². The van der Waals surface area contributed by atoms with Crippen LogP contribution in [0.1, 0.15) is 0 Å². The van der Waals surface area contributed by atoms with Crippen molar-refractivity contribution >= 4 is 22.9 Å². The van der Waals surface area contributed by atoms with Crippen LogP contribution in [0.4, 0.5) is 0 Å². The summed E-state index contributed by atoms with van der Waals surface area (Å²) in [5.41, 5.74) is 0. The first kappa shape index (κ1) is 8.40. The summed E-state index contributed by atoms with van der Waals surface area (Å²) in [6.07, 6.45) is 5.60. The summed E-state index contributed by atoms with van der Waals surface area (Å²) in [6.45, 7) is 0. The van der Waals surface area contributed by atoms with E-state index in [1.54, 1.807) is 18.0 Å². The van der Waals surface area contributed by atoms with Gasteiger partial charge in [0.1, 0.15) is 5.75 Å². The fraction of sp³-hybridized carbons (Fsp3) is 0.600. The van der Waals surface area contributed by atoms with Gasteiger partial charge in [-0.05, 0) is 17.7 Å². The van der Waals surface area contributed by atoms with E-state index < -0.39 is 11.2 Å². The predicted molar refractivity (Wildman–Crippen MR) is 41.6 cm³/mol. The largest absolute Gasteiger partial charge is 0.616 e. The highest BCUT2D eigenvalue weighted by molar-refractivity contribution is 8.01. The lowest BCUT2D eigenvalue weighted by Crippen LogP contribution is -1.98. The minimum absolute atomic E-state index is 0.667. The van der Waals surface area contributed by atoms with Crippen molar-refractivity contribution in [1.29, 1.82) is 0 Å². The van der Waals surface area contributed by atoms with Crippen LogP contribution < -0.4 is 0 Å². The van der Waals surface area contributed by atoms with Gasteiger partial charge in [-0.15, -0.1) is 11.8 Å². The van der Waals surface area contributed by atoms with E-state index in [1.807, 2.05) is 17.7 Å². The topological polar surface area (TPSA) is 23.1 Å². The lowest BCUT2D eigenvalue weighted by atomic mass is 10.8. The second-order valence-corrected chi connectivity index (χ2v) is 3.57. The predicted octanol–water partition coefficient (Wildman–Crippen LogP) is 1.24. The SMILES string of the molecule is CS/C=C/C[S+](C)[O-]. The first-order valence-corrected chi connectivity index (χ1v) is 5.26. The Hall–Kier alpha value is 0.400. The maximum Gasteiger partial charge on any atom is 0.124 e. The van der Waals surface area contributed by atoms with Gasteiger partial charge in [0.25, 0.3) is 0 Å². The first-order valence-electron chi connectivity index (χ1n) is 2.25. The third-order valence-electron chi connectivity index (χ3n) is 0.563. The molecular formula is C5H10OS2. The van der Waals surface area contributed by atoms with Gasteiger partial charge in [-0.3, -0.25) is 0 Å². The molecule has 0 N–H and O–H groups in total. The minimum Gasteiger partial charge on any atom is -0.616 e. The zero-order chi connectivity index (χ0) is 6.41. The molecule has 0 radical (unpaired) electrons. The molecule has 0 aliphatic rings. The van der Waals surface area contributed by atoms with Gasteiger partial charge in [0.2, 0.25) is 0 Å². The summed E-state index contributed by atoms with van der Waals surface area (Å²) >= 11 is 0.961. The van der Waals surface area contributed by atoms with Crippen molar-refractivity contribution in [2.45, 2.75) is 0 Å². The van der Waals surface area contributed by atoms with Crippen molar-refractivity contribution in [3.63, 3.8) is 0 Å². The molecule has 1 atom stereocenters. The van der Waals surface area contributed by atoms with Crippen LogP contribution in [0.2, 0.25) is 0 Å². The second-order valence-electron chi connectivity index (χ2n) is 1.35. The third-order valence-corrected chi connectivity index (χ3v) is 1.69. The van der Waals surface area contributed by atoms with Crippen LogP contribution in [-0.2, 0) is 11.2 Å². The number of hydrogen-bond acceptors (Lipinski definition) is 2. The van der Waals surface area contributed by atoms with Crippen molar-refractivity contribution in [2.24, 2.45) is 0 Å². The molecule has 0 rings (SSSR count). The summed E-state index contributed by atoms with van der Waals surface area (Å²) in [7, 11) is 0. The van der Waals surface area contributed by atoms with Crippen molar-refractivity contribution in [3.05, 3.63) is 11.5 Å². The van der Waals surface area contributed by atoms with Crippen LogP contribution in [0.3, 0.4) is 0 Å². The van der Waals surface area contributed by atoms with E-state index in [0.717, 1.165) is 0 Å². The third kappa shape index (κ3) is 6.40. The van der Waals surface area contributed by atoms with Gasteiger partial charge in [-0.2, -0.15) is 0 Å². The zero-order valence-electron chi connectivity index (χ0n) is 5.09. The molecule has 0 bridgehead atoms. The minimum atomic E-state index is -0.667. The monoisotopic (exact) mass is 150 g/mol. The van der Waals surface area contributed by atoms with E-state index in [1.165, 1.54) is 0 Å². The maximum absolute atomic E-state index is 10.4. The van der Waals surface area contributed by atoms with Gasteiger partial charge in [0.15, 0.2) is 0 Å². The average Bonchev–Trinajstić information content (AvgIpc) is 1.66. The molecule has 0 saturated carbocycles. The van der Waals surface area contributed by atoms with Gasteiger partial charge < -0.3 is 4.55 Å². The Labute approximate surface area is 57.7 Å². The molecule has 1 unspecified atom stereocenters. The van der Waals surface area contributed by atoms with Crippen LogP contribution >= 0.6 is 11.8 Å². The number of thioether (sulfide) groups is 1. The highest BCUT2D eigenvalue weighted by atomic mass is 32.2. The molecule has 3 heteroatoms. The molecule has 0 aromatic heterocycles. The van der Waals surface area contributed by atoms with E-state index in [4.69, 9.17) is 0 Å². The molecule has 48 valence electrons.